The highest BCUT2D eigenvalue weighted by Gasteiger charge is 2.48. The molecule has 4 unspecified atom stereocenters. The number of hydrogen-bond acceptors (Lipinski definition) is 9. The van der Waals surface area contributed by atoms with Crippen LogP contribution in [0.2, 0.25) is 0 Å². The Hall–Kier alpha value is -8.83. The molecule has 0 amide bonds. The Bertz CT molecular complexity index is 4190. The summed E-state index contributed by atoms with van der Waals surface area (Å²) in [5, 5.41) is 2.68. The molecule has 0 aliphatic carbocycles. The van der Waals surface area contributed by atoms with Crippen molar-refractivity contribution < 1.29 is 0 Å². The molecule has 3 aromatic heterocycles. The first-order chi connectivity index (χ1) is 37.2. The van der Waals surface area contributed by atoms with Gasteiger partial charge >= 0.3 is 0 Å². The van der Waals surface area contributed by atoms with Crippen molar-refractivity contribution in [2.24, 2.45) is 0 Å². The molecule has 4 aliphatic heterocycles. The maximum atomic E-state index is 5.38. The van der Waals surface area contributed by atoms with Crippen LogP contribution in [0, 0.1) is 0 Å². The number of nitrogens with zero attached hydrogens (tertiary/aromatic N) is 8. The lowest BCUT2D eigenvalue weighted by atomic mass is 9.96. The van der Waals surface area contributed by atoms with E-state index < -0.39 is 0 Å². The first-order valence-corrected chi connectivity index (χ1v) is 27.1. The molecule has 0 saturated carbocycles. The highest BCUT2D eigenvalue weighted by molar-refractivity contribution is 8.00. The molecule has 0 radical (unpaired) electrons. The summed E-state index contributed by atoms with van der Waals surface area (Å²) in [6.45, 7) is 0. The lowest BCUT2D eigenvalue weighted by Crippen LogP contribution is -2.22. The van der Waals surface area contributed by atoms with E-state index in [0.717, 1.165) is 66.7 Å². The van der Waals surface area contributed by atoms with Crippen LogP contribution < -0.4 is 9.80 Å². The summed E-state index contributed by atoms with van der Waals surface area (Å²) in [7, 11) is 0. The molecule has 4 aliphatic rings. The molecule has 354 valence electrons. The molecule has 0 N–H and O–H groups in total. The Kier molecular flexibility index (Phi) is 9.59. The number of fused-ring (bicyclic) bond motifs is 13. The molecule has 16 rings (SSSR count). The zero-order valence-corrected chi connectivity index (χ0v) is 41.8. The Balaban J connectivity index is 0.830. The molecule has 12 aromatic rings. The molecule has 0 spiro atoms. The average molecular weight is 999 g/mol. The van der Waals surface area contributed by atoms with E-state index in [2.05, 4.69) is 248 Å². The molecule has 0 bridgehead atoms. The summed E-state index contributed by atoms with van der Waals surface area (Å²) in [5.41, 5.74) is 19.6. The summed E-state index contributed by atoms with van der Waals surface area (Å²) in [5.74, 6) is 1.28. The minimum atomic E-state index is 0.0134. The van der Waals surface area contributed by atoms with Gasteiger partial charge in [0.2, 0.25) is 11.9 Å². The van der Waals surface area contributed by atoms with E-state index in [1.54, 1.807) is 12.7 Å². The first-order valence-electron chi connectivity index (χ1n) is 25.3. The normalized spacial score (nSPS) is 17.7. The van der Waals surface area contributed by atoms with E-state index >= 15 is 0 Å². The van der Waals surface area contributed by atoms with Gasteiger partial charge < -0.3 is 9.80 Å². The van der Waals surface area contributed by atoms with Crippen molar-refractivity contribution >= 4 is 68.3 Å². The fourth-order valence-corrected chi connectivity index (χ4v) is 15.1. The molecule has 0 saturated heterocycles. The largest absolute Gasteiger partial charge is 0.332 e. The standard InChI is InChI=1S/C65H42N8S2/c1-4-14-39(15-5-1)52-36-53(40-16-6-2-7-17-40)70-65(69-52)73-57-31-27-44(35-51(57)63-61(73)47-21-11-13-23-59(47)75-63)42-25-29-55-49(33-42)48-32-41(24-28-54(48)72(55)64-67-37-66-38-68-64)43-26-30-56-50(34-43)62-60(46-20-10-12-22-58(46)74-62)71(56)45-18-8-3-9-19-45/h1-38,60-63H. The van der Waals surface area contributed by atoms with Gasteiger partial charge in [-0.3, -0.25) is 4.57 Å². The van der Waals surface area contributed by atoms with Crippen molar-refractivity contribution in [3.05, 3.63) is 253 Å². The zero-order chi connectivity index (χ0) is 49.1. The average Bonchev–Trinajstić information content (AvgIpc) is 4.29. The van der Waals surface area contributed by atoms with Crippen LogP contribution in [0.5, 0.6) is 0 Å². The predicted octanol–water partition coefficient (Wildman–Crippen LogP) is 16.5. The second-order valence-electron chi connectivity index (χ2n) is 19.6. The third-order valence-electron chi connectivity index (χ3n) is 15.5. The van der Waals surface area contributed by atoms with Crippen LogP contribution in [0.25, 0.3) is 72.5 Å². The number of aromatic nitrogens is 6. The quantitative estimate of drug-likeness (QED) is 0.155. The molecule has 0 fully saturated rings. The molecule has 8 nitrogen and oxygen atoms in total. The molecule has 4 atom stereocenters. The van der Waals surface area contributed by atoms with Gasteiger partial charge in [-0.25, -0.2) is 24.9 Å². The summed E-state index contributed by atoms with van der Waals surface area (Å²) in [6.07, 6.45) is 3.15. The third-order valence-corrected chi connectivity index (χ3v) is 18.3. The maximum Gasteiger partial charge on any atom is 0.237 e. The second kappa shape index (κ2) is 16.9. The molecular formula is C65H42N8S2. The molecular weight excluding hydrogens is 957 g/mol. The van der Waals surface area contributed by atoms with Gasteiger partial charge in [-0.2, -0.15) is 0 Å². The molecule has 10 heteroatoms. The SMILES string of the molecule is c1ccc(-c2cc(-c3ccccc3)nc(N3c4ccc(-c5ccc6c(c5)c5cc(-c7ccc8c(c7)C7Sc9ccccc9C7N8c7ccccc7)ccc5n6-c5ncncn5)cc4C4Sc5ccccc5C43)n2)cc1. The molecule has 9 aromatic carbocycles. The van der Waals surface area contributed by atoms with Gasteiger partial charge in [-0.15, -0.1) is 23.5 Å². The van der Waals surface area contributed by atoms with Crippen LogP contribution in [0.15, 0.2) is 241 Å². The number of para-hydroxylation sites is 1. The van der Waals surface area contributed by atoms with Crippen molar-refractivity contribution in [1.82, 2.24) is 29.5 Å². The van der Waals surface area contributed by atoms with Crippen LogP contribution in [0.1, 0.15) is 44.8 Å². The van der Waals surface area contributed by atoms with Crippen LogP contribution >= 0.6 is 23.5 Å². The summed E-state index contributed by atoms with van der Waals surface area (Å²) >= 11 is 3.93. The number of hydrogen-bond donors (Lipinski definition) is 0. The van der Waals surface area contributed by atoms with Gasteiger partial charge in [0.25, 0.3) is 0 Å². The van der Waals surface area contributed by atoms with E-state index in [4.69, 9.17) is 9.97 Å². The van der Waals surface area contributed by atoms with Crippen LogP contribution in [-0.2, 0) is 0 Å². The predicted molar refractivity (Wildman–Crippen MR) is 304 cm³/mol. The van der Waals surface area contributed by atoms with Gasteiger partial charge in [0.05, 0.1) is 45.0 Å². The van der Waals surface area contributed by atoms with E-state index in [1.165, 1.54) is 49.0 Å². The molecule has 75 heavy (non-hydrogen) atoms. The van der Waals surface area contributed by atoms with Crippen LogP contribution in [0.4, 0.5) is 23.0 Å². The lowest BCUT2D eigenvalue weighted by Gasteiger charge is -2.27. The van der Waals surface area contributed by atoms with Crippen molar-refractivity contribution in [3.8, 4) is 50.7 Å². The van der Waals surface area contributed by atoms with Crippen molar-refractivity contribution in [3.63, 3.8) is 0 Å². The summed E-state index contributed by atoms with van der Waals surface area (Å²) in [6, 6.07) is 79.6. The Morgan fingerprint density at radius 1 is 0.360 bits per heavy atom. The highest BCUT2D eigenvalue weighted by atomic mass is 32.2. The highest BCUT2D eigenvalue weighted by Crippen LogP contribution is 2.66. The maximum absolute atomic E-state index is 5.38. The Labute approximate surface area is 441 Å². The zero-order valence-electron chi connectivity index (χ0n) is 40.1. The minimum absolute atomic E-state index is 0.0134. The van der Waals surface area contributed by atoms with Crippen molar-refractivity contribution in [1.29, 1.82) is 0 Å². The van der Waals surface area contributed by atoms with E-state index in [1.807, 2.05) is 23.5 Å². The Morgan fingerprint density at radius 2 is 0.813 bits per heavy atom. The second-order valence-corrected chi connectivity index (χ2v) is 21.9. The monoisotopic (exact) mass is 998 g/mol. The van der Waals surface area contributed by atoms with Gasteiger partial charge in [-0.05, 0) is 123 Å². The Morgan fingerprint density at radius 3 is 1.36 bits per heavy atom. The lowest BCUT2D eigenvalue weighted by molar-refractivity contribution is 0.720. The number of benzene rings is 9. The minimum Gasteiger partial charge on any atom is -0.332 e. The van der Waals surface area contributed by atoms with Crippen LogP contribution in [0.3, 0.4) is 0 Å². The number of rotatable bonds is 7. The third kappa shape index (κ3) is 6.69. The molecule has 7 heterocycles. The van der Waals surface area contributed by atoms with Crippen LogP contribution in [-0.4, -0.2) is 29.5 Å². The van der Waals surface area contributed by atoms with E-state index in [0.29, 0.717) is 11.9 Å². The van der Waals surface area contributed by atoms with Gasteiger partial charge in [0, 0.05) is 48.8 Å². The van der Waals surface area contributed by atoms with Crippen molar-refractivity contribution in [2.75, 3.05) is 9.80 Å². The van der Waals surface area contributed by atoms with Gasteiger partial charge in [-0.1, -0.05) is 140 Å². The first kappa shape index (κ1) is 42.7. The number of thioether (sulfide) groups is 2. The smallest absolute Gasteiger partial charge is 0.237 e. The topological polar surface area (TPSA) is 75.9 Å². The van der Waals surface area contributed by atoms with E-state index in [9.17, 15) is 0 Å². The van der Waals surface area contributed by atoms with Crippen molar-refractivity contribution in [2.45, 2.75) is 32.4 Å². The summed E-state index contributed by atoms with van der Waals surface area (Å²) < 4.78 is 2.17. The fraction of sp³-hybridized carbons (Fsp3) is 0.0615. The fourth-order valence-electron chi connectivity index (χ4n) is 12.2. The van der Waals surface area contributed by atoms with E-state index in [-0.39, 0.29) is 22.6 Å². The van der Waals surface area contributed by atoms with Gasteiger partial charge in [0.1, 0.15) is 12.7 Å². The van der Waals surface area contributed by atoms with Gasteiger partial charge in [0.15, 0.2) is 0 Å². The number of anilines is 4. The summed E-state index contributed by atoms with van der Waals surface area (Å²) in [4.78, 5) is 31.9.